The lowest BCUT2D eigenvalue weighted by atomic mass is 9.88. The second kappa shape index (κ2) is 19.0. The van der Waals surface area contributed by atoms with Crippen LogP contribution in [0.2, 0.25) is 0 Å². The molecule has 1 amide bonds. The van der Waals surface area contributed by atoms with Gasteiger partial charge in [-0.2, -0.15) is 39.5 Å². The number of nitrogens with zero attached hydrogens (tertiary/aromatic N) is 1. The van der Waals surface area contributed by atoms with Crippen LogP contribution in [-0.2, 0) is 29.9 Å². The van der Waals surface area contributed by atoms with Crippen molar-refractivity contribution in [3.8, 4) is 16.9 Å². The standard InChI is InChI=1S/C19H20F4NO2P.C8H4F6.C5H10.C2H6/c1-3-6-24(11-25)10-12-7-13(19(21,22)23)4-5-14(12)15-8-18(27)16(20)9-17(15)26-2;9-7(10,11)5-2-1-3-6(4-5)8(12,13)14;1-5-3-2-4-5;1-2/h4-5,7-9,11H,3,6,10,27H2,1-2H3;1-4H;5H,2-4H2,1H3;1-2H3. The molecule has 1 fully saturated rings. The molecule has 0 aromatic heterocycles. The van der Waals surface area contributed by atoms with Crippen molar-refractivity contribution in [1.82, 2.24) is 4.90 Å². The summed E-state index contributed by atoms with van der Waals surface area (Å²) in [6, 6.07) is 7.99. The van der Waals surface area contributed by atoms with Crippen LogP contribution in [0.3, 0.4) is 0 Å². The molecule has 1 saturated carbocycles. The molecule has 1 aliphatic rings. The average Bonchev–Trinajstić information content (AvgIpc) is 3.01. The molecule has 3 nitrogen and oxygen atoms in total. The predicted octanol–water partition coefficient (Wildman–Crippen LogP) is 10.9. The van der Waals surface area contributed by atoms with E-state index in [1.807, 2.05) is 20.8 Å². The lowest BCUT2D eigenvalue weighted by Gasteiger charge is -2.21. The Bertz CT molecular complexity index is 1410. The average molecular weight is 716 g/mol. The van der Waals surface area contributed by atoms with Crippen LogP contribution >= 0.6 is 9.24 Å². The molecule has 1 aliphatic carbocycles. The van der Waals surface area contributed by atoms with Gasteiger partial charge in [-0.05, 0) is 59.9 Å². The van der Waals surface area contributed by atoms with E-state index >= 15 is 0 Å². The Morgan fingerprint density at radius 2 is 1.33 bits per heavy atom. The van der Waals surface area contributed by atoms with Gasteiger partial charge in [0.15, 0.2) is 0 Å². The molecule has 3 aromatic carbocycles. The van der Waals surface area contributed by atoms with E-state index in [4.69, 9.17) is 4.74 Å². The highest BCUT2D eigenvalue weighted by Crippen LogP contribution is 2.38. The van der Waals surface area contributed by atoms with Gasteiger partial charge < -0.3 is 9.64 Å². The fourth-order valence-electron chi connectivity index (χ4n) is 4.27. The quantitative estimate of drug-likeness (QED) is 0.138. The number of methoxy groups -OCH3 is 1. The highest BCUT2D eigenvalue weighted by molar-refractivity contribution is 7.27. The molecule has 0 N–H and O–H groups in total. The van der Waals surface area contributed by atoms with Crippen LogP contribution in [-0.4, -0.2) is 25.0 Å². The summed E-state index contributed by atoms with van der Waals surface area (Å²) in [5.74, 6) is 0.761. The summed E-state index contributed by atoms with van der Waals surface area (Å²) < 4.78 is 131. The van der Waals surface area contributed by atoms with Crippen molar-refractivity contribution in [1.29, 1.82) is 0 Å². The predicted molar refractivity (Wildman–Crippen MR) is 170 cm³/mol. The van der Waals surface area contributed by atoms with E-state index in [-0.39, 0.29) is 23.7 Å². The number of carbonyl (C=O) groups is 1. The number of rotatable bonds is 7. The molecule has 1 unspecified atom stereocenters. The van der Waals surface area contributed by atoms with Crippen molar-refractivity contribution in [2.75, 3.05) is 13.7 Å². The van der Waals surface area contributed by atoms with Gasteiger partial charge >= 0.3 is 18.5 Å². The van der Waals surface area contributed by atoms with Gasteiger partial charge in [-0.25, -0.2) is 4.39 Å². The number of halogens is 10. The lowest BCUT2D eigenvalue weighted by Crippen LogP contribution is -2.23. The molecular weight excluding hydrogens is 675 g/mol. The number of hydrogen-bond acceptors (Lipinski definition) is 2. The zero-order chi connectivity index (χ0) is 36.9. The van der Waals surface area contributed by atoms with Gasteiger partial charge in [0.05, 0.1) is 23.8 Å². The van der Waals surface area contributed by atoms with E-state index in [0.717, 1.165) is 24.1 Å². The third-order valence-corrected chi connectivity index (χ3v) is 7.43. The molecule has 268 valence electrons. The van der Waals surface area contributed by atoms with Gasteiger partial charge in [-0.1, -0.05) is 59.1 Å². The second-order valence-electron chi connectivity index (χ2n) is 10.6. The Kier molecular flexibility index (Phi) is 16.9. The fourth-order valence-corrected chi connectivity index (χ4v) is 4.52. The molecule has 48 heavy (non-hydrogen) atoms. The minimum Gasteiger partial charge on any atom is -0.496 e. The molecule has 0 spiro atoms. The number of carbonyl (C=O) groups excluding carboxylic acids is 1. The Morgan fingerprint density at radius 1 is 0.833 bits per heavy atom. The number of ether oxygens (including phenoxy) is 1. The summed E-state index contributed by atoms with van der Waals surface area (Å²) in [4.78, 5) is 12.7. The molecule has 0 heterocycles. The monoisotopic (exact) mass is 715 g/mol. The summed E-state index contributed by atoms with van der Waals surface area (Å²) in [5.41, 5.74) is -2.20. The summed E-state index contributed by atoms with van der Waals surface area (Å²) in [6.45, 7) is 8.59. The third-order valence-electron chi connectivity index (χ3n) is 6.99. The maximum absolute atomic E-state index is 13.8. The van der Waals surface area contributed by atoms with Crippen LogP contribution in [0.1, 0.15) is 75.6 Å². The van der Waals surface area contributed by atoms with E-state index in [9.17, 15) is 48.7 Å². The van der Waals surface area contributed by atoms with E-state index in [1.54, 1.807) is 0 Å². The fraction of sp³-hybridized carbons (Fsp3) is 0.441. The zero-order valence-electron chi connectivity index (χ0n) is 27.2. The molecule has 1 atom stereocenters. The highest BCUT2D eigenvalue weighted by atomic mass is 31.0. The van der Waals surface area contributed by atoms with Crippen molar-refractivity contribution in [2.24, 2.45) is 5.92 Å². The van der Waals surface area contributed by atoms with Crippen molar-refractivity contribution in [2.45, 2.75) is 78.5 Å². The van der Waals surface area contributed by atoms with Gasteiger partial charge in [0.1, 0.15) is 11.6 Å². The molecule has 4 rings (SSSR count). The van der Waals surface area contributed by atoms with E-state index in [2.05, 4.69) is 16.2 Å². The number of alkyl halides is 9. The third kappa shape index (κ3) is 13.3. The van der Waals surface area contributed by atoms with Crippen molar-refractivity contribution >= 4 is 21.0 Å². The van der Waals surface area contributed by atoms with Crippen LogP contribution in [0.25, 0.3) is 11.1 Å². The summed E-state index contributed by atoms with van der Waals surface area (Å²) in [7, 11) is 3.60. The number of amides is 1. The van der Waals surface area contributed by atoms with E-state index < -0.39 is 41.0 Å². The molecule has 3 aromatic rings. The number of hydrogen-bond donors (Lipinski definition) is 0. The maximum atomic E-state index is 13.8. The highest BCUT2D eigenvalue weighted by Gasteiger charge is 2.36. The van der Waals surface area contributed by atoms with Crippen LogP contribution in [0.15, 0.2) is 54.6 Å². The minimum atomic E-state index is -4.75. The minimum absolute atomic E-state index is 0.00329. The lowest BCUT2D eigenvalue weighted by molar-refractivity contribution is -0.143. The van der Waals surface area contributed by atoms with Crippen molar-refractivity contribution in [3.63, 3.8) is 0 Å². The van der Waals surface area contributed by atoms with Crippen molar-refractivity contribution < 1.29 is 53.4 Å². The Balaban J connectivity index is 0.000000452. The normalized spacial score (nSPS) is 13.0. The largest absolute Gasteiger partial charge is 0.496 e. The zero-order valence-corrected chi connectivity index (χ0v) is 28.4. The maximum Gasteiger partial charge on any atom is 0.416 e. The summed E-state index contributed by atoms with van der Waals surface area (Å²) >= 11 is 0. The molecule has 0 aliphatic heterocycles. The first kappa shape index (κ1) is 42.7. The van der Waals surface area contributed by atoms with Crippen LogP contribution in [0.4, 0.5) is 43.9 Å². The summed E-state index contributed by atoms with van der Waals surface area (Å²) in [6.07, 6.45) is -8.27. The SMILES string of the molecule is CC.CC1CCC1.CCCN(C=O)Cc1cc(C(F)(F)F)ccc1-c1cc(P)c(F)cc1OC.FC(F)(F)c1cccc(C(F)(F)F)c1. The van der Waals surface area contributed by atoms with E-state index in [0.29, 0.717) is 48.2 Å². The van der Waals surface area contributed by atoms with Gasteiger partial charge in [0.25, 0.3) is 0 Å². The first-order chi connectivity index (χ1) is 22.3. The number of benzene rings is 3. The molecular formula is C34H40F10NO2P. The Hall–Kier alpha value is -3.34. The summed E-state index contributed by atoms with van der Waals surface area (Å²) in [5, 5.41) is 0.262. The topological polar surface area (TPSA) is 29.5 Å². The van der Waals surface area contributed by atoms with Gasteiger partial charge in [-0.15, -0.1) is 9.24 Å². The van der Waals surface area contributed by atoms with Crippen LogP contribution < -0.4 is 10.0 Å². The van der Waals surface area contributed by atoms with Crippen LogP contribution in [0.5, 0.6) is 5.75 Å². The first-order valence-corrected chi connectivity index (χ1v) is 15.7. The smallest absolute Gasteiger partial charge is 0.416 e. The van der Waals surface area contributed by atoms with Crippen molar-refractivity contribution in [3.05, 3.63) is 82.7 Å². The Labute approximate surface area is 276 Å². The first-order valence-electron chi connectivity index (χ1n) is 15.1. The molecule has 0 radical (unpaired) electrons. The van der Waals surface area contributed by atoms with E-state index in [1.165, 1.54) is 49.5 Å². The second-order valence-corrected chi connectivity index (χ2v) is 11.3. The molecule has 0 bridgehead atoms. The Morgan fingerprint density at radius 3 is 1.73 bits per heavy atom. The van der Waals surface area contributed by atoms with Gasteiger partial charge in [0.2, 0.25) is 6.41 Å². The molecule has 0 saturated heterocycles. The van der Waals surface area contributed by atoms with Gasteiger partial charge in [0, 0.05) is 30.0 Å². The molecule has 14 heteroatoms. The van der Waals surface area contributed by atoms with Gasteiger partial charge in [-0.3, -0.25) is 4.79 Å². The van der Waals surface area contributed by atoms with Crippen LogP contribution in [0, 0.1) is 11.7 Å².